The quantitative estimate of drug-likeness (QED) is 0.587. The summed E-state index contributed by atoms with van der Waals surface area (Å²) in [5.41, 5.74) is 0. The summed E-state index contributed by atoms with van der Waals surface area (Å²) >= 11 is 0. The molecular formula is C8H13NO2. The van der Waals surface area contributed by atoms with Gasteiger partial charge < -0.3 is 10.0 Å². The van der Waals surface area contributed by atoms with Gasteiger partial charge in [0.25, 0.3) is 0 Å². The molecule has 1 N–H and O–H groups in total. The number of hydrogen-bond donors (Lipinski definition) is 1. The average Bonchev–Trinajstić information content (AvgIpc) is 1.83. The summed E-state index contributed by atoms with van der Waals surface area (Å²) in [7, 11) is 0. The molecule has 3 nitrogen and oxygen atoms in total. The summed E-state index contributed by atoms with van der Waals surface area (Å²) in [4.78, 5) is 13.0. The summed E-state index contributed by atoms with van der Waals surface area (Å²) in [6, 6.07) is 0. The van der Waals surface area contributed by atoms with Crippen LogP contribution in [0.5, 0.6) is 0 Å². The van der Waals surface area contributed by atoms with Crippen LogP contribution in [0.2, 0.25) is 0 Å². The molecule has 3 heteroatoms. The van der Waals surface area contributed by atoms with Crippen molar-refractivity contribution in [3.63, 3.8) is 0 Å². The molecule has 2 heterocycles. The molecule has 1 amide bonds. The summed E-state index contributed by atoms with van der Waals surface area (Å²) in [5, 5.41) is 9.55. The van der Waals surface area contributed by atoms with E-state index in [-0.39, 0.29) is 11.8 Å². The van der Waals surface area contributed by atoms with Crippen LogP contribution in [0, 0.1) is 11.8 Å². The van der Waals surface area contributed by atoms with Crippen molar-refractivity contribution >= 4 is 5.91 Å². The molecule has 3 fully saturated rings. The number of aliphatic hydroxyl groups excluding tert-OH is 1. The summed E-state index contributed by atoms with van der Waals surface area (Å²) < 4.78 is 0. The molecule has 1 unspecified atom stereocenters. The van der Waals surface area contributed by atoms with Gasteiger partial charge in [0.2, 0.25) is 5.91 Å². The Kier molecular flexibility index (Phi) is 1.42. The van der Waals surface area contributed by atoms with Crippen LogP contribution in [0.4, 0.5) is 0 Å². The van der Waals surface area contributed by atoms with Crippen molar-refractivity contribution in [2.75, 3.05) is 6.54 Å². The van der Waals surface area contributed by atoms with Crippen LogP contribution in [-0.2, 0) is 4.79 Å². The number of fused-ring (bicyclic) bond motifs is 2. The number of piperidine rings is 2. The lowest BCUT2D eigenvalue weighted by atomic mass is 9.69. The van der Waals surface area contributed by atoms with Gasteiger partial charge in [-0.1, -0.05) is 0 Å². The van der Waals surface area contributed by atoms with Crippen molar-refractivity contribution < 1.29 is 9.90 Å². The standard InChI is InChI=1S/C8H13NO2/c1-2-9-7(10)5-3-6(4-5)8(9)11/h5-7,10H,2-4H2,1H3. The second kappa shape index (κ2) is 2.21. The van der Waals surface area contributed by atoms with E-state index in [1.807, 2.05) is 6.92 Å². The van der Waals surface area contributed by atoms with Gasteiger partial charge in [-0.25, -0.2) is 0 Å². The number of carbonyl (C=O) groups is 1. The Hall–Kier alpha value is -0.570. The second-order valence-corrected chi connectivity index (χ2v) is 3.47. The fraction of sp³-hybridized carbons (Fsp3) is 0.875. The molecule has 0 aromatic heterocycles. The molecule has 3 rings (SSSR count). The third-order valence-corrected chi connectivity index (χ3v) is 2.89. The van der Waals surface area contributed by atoms with Crippen LogP contribution >= 0.6 is 0 Å². The molecule has 0 radical (unpaired) electrons. The van der Waals surface area contributed by atoms with Crippen LogP contribution in [0.25, 0.3) is 0 Å². The lowest BCUT2D eigenvalue weighted by Crippen LogP contribution is -2.58. The lowest BCUT2D eigenvalue weighted by molar-refractivity contribution is -0.178. The Balaban J connectivity index is 2.14. The van der Waals surface area contributed by atoms with Crippen molar-refractivity contribution in [3.8, 4) is 0 Å². The highest BCUT2D eigenvalue weighted by molar-refractivity contribution is 5.81. The van der Waals surface area contributed by atoms with Gasteiger partial charge in [0.1, 0.15) is 6.23 Å². The van der Waals surface area contributed by atoms with E-state index in [0.717, 1.165) is 12.8 Å². The normalized spacial score (nSPS) is 42.2. The molecule has 0 aromatic rings. The highest BCUT2D eigenvalue weighted by Gasteiger charge is 2.48. The zero-order valence-electron chi connectivity index (χ0n) is 6.66. The molecule has 11 heavy (non-hydrogen) atoms. The molecule has 0 aromatic carbocycles. The summed E-state index contributed by atoms with van der Waals surface area (Å²) in [6.07, 6.45) is 1.34. The molecule has 3 aliphatic rings. The van der Waals surface area contributed by atoms with E-state index < -0.39 is 6.23 Å². The van der Waals surface area contributed by atoms with E-state index in [4.69, 9.17) is 0 Å². The van der Waals surface area contributed by atoms with Crippen molar-refractivity contribution in [1.29, 1.82) is 0 Å². The van der Waals surface area contributed by atoms with Crippen molar-refractivity contribution in [1.82, 2.24) is 4.90 Å². The second-order valence-electron chi connectivity index (χ2n) is 3.47. The predicted octanol–water partition coefficient (Wildman–Crippen LogP) is 0.193. The molecule has 62 valence electrons. The minimum atomic E-state index is -0.488. The van der Waals surface area contributed by atoms with Crippen molar-refractivity contribution in [3.05, 3.63) is 0 Å². The number of aliphatic hydroxyl groups is 1. The van der Waals surface area contributed by atoms with E-state index in [1.54, 1.807) is 4.90 Å². The molecule has 1 aliphatic carbocycles. The van der Waals surface area contributed by atoms with Crippen LogP contribution in [0.15, 0.2) is 0 Å². The maximum Gasteiger partial charge on any atom is 0.227 e. The first-order valence-corrected chi connectivity index (χ1v) is 4.22. The average molecular weight is 155 g/mol. The third-order valence-electron chi connectivity index (χ3n) is 2.89. The topological polar surface area (TPSA) is 40.5 Å². The largest absolute Gasteiger partial charge is 0.373 e. The molecule has 2 aliphatic heterocycles. The first-order valence-electron chi connectivity index (χ1n) is 4.22. The number of nitrogens with zero attached hydrogens (tertiary/aromatic N) is 1. The Labute approximate surface area is 66.0 Å². The monoisotopic (exact) mass is 155 g/mol. The van der Waals surface area contributed by atoms with Gasteiger partial charge in [0, 0.05) is 18.4 Å². The molecule has 1 atom stereocenters. The maximum absolute atomic E-state index is 11.4. The van der Waals surface area contributed by atoms with E-state index in [9.17, 15) is 9.90 Å². The summed E-state index contributed by atoms with van der Waals surface area (Å²) in [6.45, 7) is 2.55. The predicted molar refractivity (Wildman–Crippen MR) is 39.6 cm³/mol. The van der Waals surface area contributed by atoms with Crippen LogP contribution in [0.3, 0.4) is 0 Å². The zero-order valence-corrected chi connectivity index (χ0v) is 6.66. The molecule has 1 saturated carbocycles. The molecule has 2 bridgehead atoms. The van der Waals surface area contributed by atoms with Gasteiger partial charge in [-0.3, -0.25) is 4.79 Å². The zero-order chi connectivity index (χ0) is 8.01. The third kappa shape index (κ3) is 0.805. The number of hydrogen-bond acceptors (Lipinski definition) is 2. The first-order chi connectivity index (χ1) is 5.24. The van der Waals surface area contributed by atoms with Gasteiger partial charge in [-0.15, -0.1) is 0 Å². The fourth-order valence-corrected chi connectivity index (χ4v) is 2.07. The first kappa shape index (κ1) is 7.10. The number of carbonyl (C=O) groups excluding carboxylic acids is 1. The fourth-order valence-electron chi connectivity index (χ4n) is 2.07. The minimum Gasteiger partial charge on any atom is -0.373 e. The van der Waals surface area contributed by atoms with Gasteiger partial charge in [-0.2, -0.15) is 0 Å². The smallest absolute Gasteiger partial charge is 0.227 e. The molecule has 0 spiro atoms. The van der Waals surface area contributed by atoms with Gasteiger partial charge in [0.15, 0.2) is 0 Å². The minimum absolute atomic E-state index is 0.155. The Morgan fingerprint density at radius 1 is 1.64 bits per heavy atom. The number of amides is 1. The summed E-state index contributed by atoms with van der Waals surface area (Å²) in [5.74, 6) is 0.767. The van der Waals surface area contributed by atoms with Gasteiger partial charge in [-0.05, 0) is 19.8 Å². The van der Waals surface area contributed by atoms with E-state index in [0.29, 0.717) is 12.5 Å². The highest BCUT2D eigenvalue weighted by atomic mass is 16.3. The van der Waals surface area contributed by atoms with E-state index >= 15 is 0 Å². The van der Waals surface area contributed by atoms with Crippen LogP contribution in [0.1, 0.15) is 19.8 Å². The Morgan fingerprint density at radius 2 is 2.27 bits per heavy atom. The maximum atomic E-state index is 11.4. The van der Waals surface area contributed by atoms with Crippen molar-refractivity contribution in [2.45, 2.75) is 26.0 Å². The molecular weight excluding hydrogens is 142 g/mol. The van der Waals surface area contributed by atoms with Crippen LogP contribution in [-0.4, -0.2) is 28.7 Å². The van der Waals surface area contributed by atoms with E-state index in [1.165, 1.54) is 0 Å². The van der Waals surface area contributed by atoms with E-state index in [2.05, 4.69) is 0 Å². The van der Waals surface area contributed by atoms with Gasteiger partial charge >= 0.3 is 0 Å². The number of rotatable bonds is 1. The molecule has 2 saturated heterocycles. The van der Waals surface area contributed by atoms with Gasteiger partial charge in [0.05, 0.1) is 0 Å². The lowest BCUT2D eigenvalue weighted by Gasteiger charge is -2.49. The Bertz CT molecular complexity index is 187. The SMILES string of the molecule is CCN1C(=O)C2CC(C2)C1O. The van der Waals surface area contributed by atoms with Crippen molar-refractivity contribution in [2.24, 2.45) is 11.8 Å². The van der Waals surface area contributed by atoms with Crippen LogP contribution < -0.4 is 0 Å². The highest BCUT2D eigenvalue weighted by Crippen LogP contribution is 2.43. The Morgan fingerprint density at radius 3 is 2.64 bits per heavy atom.